The Morgan fingerprint density at radius 1 is 1.17 bits per heavy atom. The number of hydrogen-bond donors (Lipinski definition) is 2. The molecule has 0 aliphatic carbocycles. The number of amides is 1. The summed E-state index contributed by atoms with van der Waals surface area (Å²) < 4.78 is 10.5. The van der Waals surface area contributed by atoms with E-state index in [1.165, 1.54) is 0 Å². The molecule has 0 aliphatic heterocycles. The molecule has 0 spiro atoms. The Balaban J connectivity index is 1.92. The second-order valence-electron chi connectivity index (χ2n) is 5.50. The van der Waals surface area contributed by atoms with E-state index in [1.54, 1.807) is 25.4 Å². The van der Waals surface area contributed by atoms with Gasteiger partial charge in [-0.15, -0.1) is 0 Å². The normalized spacial score (nSPS) is 10.5. The van der Waals surface area contributed by atoms with Crippen LogP contribution in [-0.2, 0) is 4.74 Å². The van der Waals surface area contributed by atoms with Gasteiger partial charge < -0.3 is 20.1 Å². The molecule has 1 amide bonds. The highest BCUT2D eigenvalue weighted by Crippen LogP contribution is 2.19. The standard InChI is InChI=1S/C18H23N3O3/c1-13(2)24-16-7-5-15(6-8-16)21-17-9-4-14(12-20-17)18(22)19-10-11-23-3/h4-9,12-13H,10-11H2,1-3H3,(H,19,22)(H,20,21). The summed E-state index contributed by atoms with van der Waals surface area (Å²) in [5.41, 5.74) is 1.41. The van der Waals surface area contributed by atoms with Crippen molar-refractivity contribution in [2.45, 2.75) is 20.0 Å². The second kappa shape index (κ2) is 8.88. The van der Waals surface area contributed by atoms with E-state index in [4.69, 9.17) is 9.47 Å². The van der Waals surface area contributed by atoms with Crippen molar-refractivity contribution < 1.29 is 14.3 Å². The van der Waals surface area contributed by atoms with Gasteiger partial charge in [-0.1, -0.05) is 0 Å². The van der Waals surface area contributed by atoms with Crippen molar-refractivity contribution in [1.82, 2.24) is 10.3 Å². The molecule has 0 aliphatic rings. The number of aromatic nitrogens is 1. The Bertz CT molecular complexity index is 640. The van der Waals surface area contributed by atoms with Gasteiger partial charge in [0.25, 0.3) is 5.91 Å². The van der Waals surface area contributed by atoms with Gasteiger partial charge >= 0.3 is 0 Å². The SMILES string of the molecule is COCCNC(=O)c1ccc(Nc2ccc(OC(C)C)cc2)nc1. The average Bonchev–Trinajstić information content (AvgIpc) is 2.57. The topological polar surface area (TPSA) is 72.5 Å². The summed E-state index contributed by atoms with van der Waals surface area (Å²) in [6.45, 7) is 4.93. The zero-order chi connectivity index (χ0) is 17.4. The predicted molar refractivity (Wildman–Crippen MR) is 93.9 cm³/mol. The van der Waals surface area contributed by atoms with Gasteiger partial charge in [0.1, 0.15) is 11.6 Å². The molecule has 128 valence electrons. The number of benzene rings is 1. The monoisotopic (exact) mass is 329 g/mol. The molecule has 1 aromatic carbocycles. The number of rotatable bonds is 8. The molecule has 1 heterocycles. The summed E-state index contributed by atoms with van der Waals surface area (Å²) in [6, 6.07) is 11.1. The molecule has 2 aromatic rings. The minimum Gasteiger partial charge on any atom is -0.491 e. The molecule has 1 aromatic heterocycles. The second-order valence-corrected chi connectivity index (χ2v) is 5.50. The predicted octanol–water partition coefficient (Wildman–Crippen LogP) is 2.99. The number of methoxy groups -OCH3 is 1. The summed E-state index contributed by atoms with van der Waals surface area (Å²) >= 11 is 0. The third kappa shape index (κ3) is 5.55. The van der Waals surface area contributed by atoms with Gasteiger partial charge in [0, 0.05) is 25.5 Å². The van der Waals surface area contributed by atoms with Crippen LogP contribution in [0.3, 0.4) is 0 Å². The van der Waals surface area contributed by atoms with E-state index < -0.39 is 0 Å². The number of carbonyl (C=O) groups excluding carboxylic acids is 1. The zero-order valence-electron chi connectivity index (χ0n) is 14.2. The zero-order valence-corrected chi connectivity index (χ0v) is 14.2. The maximum atomic E-state index is 11.9. The Kier molecular flexibility index (Phi) is 6.57. The first-order valence-corrected chi connectivity index (χ1v) is 7.85. The van der Waals surface area contributed by atoms with Gasteiger partial charge in [0.2, 0.25) is 0 Å². The van der Waals surface area contributed by atoms with Crippen molar-refractivity contribution >= 4 is 17.4 Å². The molecule has 6 nitrogen and oxygen atoms in total. The minimum atomic E-state index is -0.165. The Morgan fingerprint density at radius 2 is 1.92 bits per heavy atom. The lowest BCUT2D eigenvalue weighted by molar-refractivity contribution is 0.0937. The summed E-state index contributed by atoms with van der Waals surface area (Å²) in [7, 11) is 1.59. The van der Waals surface area contributed by atoms with Crippen molar-refractivity contribution in [2.75, 3.05) is 25.6 Å². The van der Waals surface area contributed by atoms with Crippen LogP contribution in [0.4, 0.5) is 11.5 Å². The first-order valence-electron chi connectivity index (χ1n) is 7.85. The van der Waals surface area contributed by atoms with Crippen LogP contribution in [0.15, 0.2) is 42.6 Å². The minimum absolute atomic E-state index is 0.146. The number of carbonyl (C=O) groups is 1. The first-order chi connectivity index (χ1) is 11.6. The van der Waals surface area contributed by atoms with E-state index in [0.717, 1.165) is 11.4 Å². The molecule has 0 radical (unpaired) electrons. The quantitative estimate of drug-likeness (QED) is 0.729. The van der Waals surface area contributed by atoms with Crippen LogP contribution in [-0.4, -0.2) is 37.3 Å². The van der Waals surface area contributed by atoms with Crippen LogP contribution in [0.5, 0.6) is 5.75 Å². The third-order valence-corrected chi connectivity index (χ3v) is 3.12. The number of pyridine rings is 1. The Hall–Kier alpha value is -2.60. The molecule has 0 saturated heterocycles. The van der Waals surface area contributed by atoms with E-state index in [9.17, 15) is 4.79 Å². The highest BCUT2D eigenvalue weighted by Gasteiger charge is 2.06. The number of anilines is 2. The molecule has 2 N–H and O–H groups in total. The molecule has 0 fully saturated rings. The lowest BCUT2D eigenvalue weighted by atomic mass is 10.2. The molecule has 2 rings (SSSR count). The van der Waals surface area contributed by atoms with E-state index in [-0.39, 0.29) is 12.0 Å². The van der Waals surface area contributed by atoms with Gasteiger partial charge in [-0.3, -0.25) is 4.79 Å². The molecule has 0 atom stereocenters. The maximum absolute atomic E-state index is 11.9. The number of nitrogens with zero attached hydrogens (tertiary/aromatic N) is 1. The molecule has 0 unspecified atom stereocenters. The van der Waals surface area contributed by atoms with Gasteiger partial charge in [-0.25, -0.2) is 4.98 Å². The summed E-state index contributed by atoms with van der Waals surface area (Å²) in [5.74, 6) is 1.33. The summed E-state index contributed by atoms with van der Waals surface area (Å²) in [6.07, 6.45) is 1.69. The van der Waals surface area contributed by atoms with Crippen molar-refractivity contribution in [3.8, 4) is 5.75 Å². The molecule has 0 bridgehead atoms. The highest BCUT2D eigenvalue weighted by molar-refractivity contribution is 5.94. The first kappa shape index (κ1) is 17.7. The van der Waals surface area contributed by atoms with E-state index in [1.807, 2.05) is 38.1 Å². The summed E-state index contributed by atoms with van der Waals surface area (Å²) in [4.78, 5) is 16.1. The van der Waals surface area contributed by atoms with Gasteiger partial charge in [0.15, 0.2) is 0 Å². The van der Waals surface area contributed by atoms with Crippen LogP contribution in [0.1, 0.15) is 24.2 Å². The fourth-order valence-electron chi connectivity index (χ4n) is 2.01. The molecule has 24 heavy (non-hydrogen) atoms. The van der Waals surface area contributed by atoms with Crippen molar-refractivity contribution in [1.29, 1.82) is 0 Å². The Labute approximate surface area is 142 Å². The number of nitrogens with one attached hydrogen (secondary N) is 2. The van der Waals surface area contributed by atoms with Crippen molar-refractivity contribution in [2.24, 2.45) is 0 Å². The van der Waals surface area contributed by atoms with Crippen LogP contribution < -0.4 is 15.4 Å². The van der Waals surface area contributed by atoms with Crippen LogP contribution >= 0.6 is 0 Å². The fraction of sp³-hybridized carbons (Fsp3) is 0.333. The lowest BCUT2D eigenvalue weighted by Gasteiger charge is -2.11. The van der Waals surface area contributed by atoms with Crippen LogP contribution in [0.2, 0.25) is 0 Å². The molecule has 0 saturated carbocycles. The average molecular weight is 329 g/mol. The Morgan fingerprint density at radius 3 is 2.50 bits per heavy atom. The smallest absolute Gasteiger partial charge is 0.252 e. The van der Waals surface area contributed by atoms with Crippen LogP contribution in [0, 0.1) is 0 Å². The van der Waals surface area contributed by atoms with Gasteiger partial charge in [0.05, 0.1) is 18.3 Å². The van der Waals surface area contributed by atoms with Gasteiger partial charge in [-0.05, 0) is 50.2 Å². The molecular formula is C18H23N3O3. The number of ether oxygens (including phenoxy) is 2. The third-order valence-electron chi connectivity index (χ3n) is 3.12. The summed E-state index contributed by atoms with van der Waals surface area (Å²) in [5, 5.41) is 5.94. The van der Waals surface area contributed by atoms with Gasteiger partial charge in [-0.2, -0.15) is 0 Å². The van der Waals surface area contributed by atoms with Crippen molar-refractivity contribution in [3.63, 3.8) is 0 Å². The maximum Gasteiger partial charge on any atom is 0.252 e. The largest absolute Gasteiger partial charge is 0.491 e. The van der Waals surface area contributed by atoms with E-state index >= 15 is 0 Å². The van der Waals surface area contributed by atoms with E-state index in [2.05, 4.69) is 15.6 Å². The van der Waals surface area contributed by atoms with E-state index in [0.29, 0.717) is 24.5 Å². The molecule has 6 heteroatoms. The van der Waals surface area contributed by atoms with Crippen molar-refractivity contribution in [3.05, 3.63) is 48.2 Å². The highest BCUT2D eigenvalue weighted by atomic mass is 16.5. The number of hydrogen-bond acceptors (Lipinski definition) is 5. The lowest BCUT2D eigenvalue weighted by Crippen LogP contribution is -2.26. The molecular weight excluding hydrogens is 306 g/mol. The fourth-order valence-corrected chi connectivity index (χ4v) is 2.01. The van der Waals surface area contributed by atoms with Crippen LogP contribution in [0.25, 0.3) is 0 Å².